The Morgan fingerprint density at radius 3 is 2.40 bits per heavy atom. The summed E-state index contributed by atoms with van der Waals surface area (Å²) in [5.41, 5.74) is 3.48. The molecule has 0 unspecified atom stereocenters. The van der Waals surface area contributed by atoms with Gasteiger partial charge in [-0.1, -0.05) is 60.7 Å². The maximum absolute atomic E-state index is 13.9. The Morgan fingerprint density at radius 2 is 1.71 bits per heavy atom. The van der Waals surface area contributed by atoms with Crippen molar-refractivity contribution < 1.29 is 17.6 Å². The van der Waals surface area contributed by atoms with Crippen molar-refractivity contribution in [3.8, 4) is 11.3 Å². The molecule has 0 aliphatic carbocycles. The second kappa shape index (κ2) is 10.4. The van der Waals surface area contributed by atoms with Crippen molar-refractivity contribution in [3.05, 3.63) is 108 Å². The highest BCUT2D eigenvalue weighted by Gasteiger charge is 2.12. The number of hydrogen-bond acceptors (Lipinski definition) is 4. The van der Waals surface area contributed by atoms with Crippen LogP contribution in [-0.2, 0) is 21.4 Å². The van der Waals surface area contributed by atoms with Gasteiger partial charge in [-0.25, -0.2) is 12.8 Å². The third-order valence-corrected chi connectivity index (χ3v) is 5.56. The number of hydrogen-bond donors (Lipinski definition) is 2. The van der Waals surface area contributed by atoms with E-state index in [9.17, 15) is 17.6 Å². The number of halogens is 1. The number of amides is 1. The second-order valence-corrected chi connectivity index (χ2v) is 9.62. The largest absolute Gasteiger partial charge is 0.322 e. The van der Waals surface area contributed by atoms with Gasteiger partial charge in [-0.15, -0.1) is 0 Å². The average Bonchev–Trinajstić information content (AvgIpc) is 3.23. The summed E-state index contributed by atoms with van der Waals surface area (Å²) >= 11 is 0. The van der Waals surface area contributed by atoms with Crippen molar-refractivity contribution in [2.45, 2.75) is 6.54 Å². The van der Waals surface area contributed by atoms with E-state index >= 15 is 0 Å². The van der Waals surface area contributed by atoms with Crippen LogP contribution < -0.4 is 10.0 Å². The fourth-order valence-corrected chi connectivity index (χ4v) is 4.02. The lowest BCUT2D eigenvalue weighted by atomic mass is 10.1. The number of nitrogens with one attached hydrogen (secondary N) is 2. The minimum Gasteiger partial charge on any atom is -0.322 e. The van der Waals surface area contributed by atoms with Gasteiger partial charge in [0, 0.05) is 29.1 Å². The van der Waals surface area contributed by atoms with E-state index in [0.717, 1.165) is 34.7 Å². The molecule has 4 aromatic rings. The summed E-state index contributed by atoms with van der Waals surface area (Å²) in [4.78, 5) is 12.6. The Balaban J connectivity index is 1.56. The number of sulfonamides is 1. The van der Waals surface area contributed by atoms with Crippen molar-refractivity contribution in [1.29, 1.82) is 0 Å². The molecule has 4 rings (SSSR count). The molecule has 1 amide bonds. The van der Waals surface area contributed by atoms with Crippen LogP contribution >= 0.6 is 0 Å². The molecule has 0 radical (unpaired) electrons. The van der Waals surface area contributed by atoms with Gasteiger partial charge in [0.15, 0.2) is 0 Å². The van der Waals surface area contributed by atoms with Crippen LogP contribution in [0.2, 0.25) is 0 Å². The van der Waals surface area contributed by atoms with Gasteiger partial charge in [-0.3, -0.25) is 14.2 Å². The van der Waals surface area contributed by atoms with Crippen molar-refractivity contribution in [2.24, 2.45) is 0 Å². The molecule has 0 saturated carbocycles. The van der Waals surface area contributed by atoms with Gasteiger partial charge in [-0.05, 0) is 29.8 Å². The van der Waals surface area contributed by atoms with Crippen LogP contribution in [0.5, 0.6) is 0 Å². The molecule has 7 nitrogen and oxygen atoms in total. The van der Waals surface area contributed by atoms with Crippen molar-refractivity contribution >= 4 is 33.4 Å². The maximum atomic E-state index is 13.9. The Kier molecular flexibility index (Phi) is 7.07. The van der Waals surface area contributed by atoms with Crippen LogP contribution in [0.3, 0.4) is 0 Å². The molecule has 0 bridgehead atoms. The Hall–Kier alpha value is -4.24. The molecule has 0 spiro atoms. The zero-order valence-corrected chi connectivity index (χ0v) is 19.7. The van der Waals surface area contributed by atoms with Crippen LogP contribution in [0.1, 0.15) is 11.1 Å². The highest BCUT2D eigenvalue weighted by molar-refractivity contribution is 7.92. The zero-order valence-electron chi connectivity index (χ0n) is 18.9. The Morgan fingerprint density at radius 1 is 1.03 bits per heavy atom. The number of aromatic nitrogens is 2. The minimum atomic E-state index is -3.67. The standard InChI is InChI=1S/C26H23FN4O3S/c1-35(33,34)30-24-16-22(13-14-23(24)27)28-25(32)15-12-21-18-31(17-19-8-4-2-5-9-19)29-26(21)20-10-6-3-7-11-20/h2-16,18,30H,17H2,1H3,(H,28,32)/b15-12+. The SMILES string of the molecule is CS(=O)(=O)Nc1cc(NC(=O)/C=C/c2cn(Cc3ccccc3)nc2-c2ccccc2)ccc1F. The molecular formula is C26H23FN4O3S. The fourth-order valence-electron chi connectivity index (χ4n) is 3.46. The summed E-state index contributed by atoms with van der Waals surface area (Å²) in [5, 5.41) is 7.34. The monoisotopic (exact) mass is 490 g/mol. The maximum Gasteiger partial charge on any atom is 0.248 e. The minimum absolute atomic E-state index is 0.246. The van der Waals surface area contributed by atoms with Crippen molar-refractivity contribution in [2.75, 3.05) is 16.3 Å². The summed E-state index contributed by atoms with van der Waals surface area (Å²) in [5.74, 6) is -1.21. The van der Waals surface area contributed by atoms with Gasteiger partial charge in [0.05, 0.1) is 24.2 Å². The molecule has 0 fully saturated rings. The van der Waals surface area contributed by atoms with Gasteiger partial charge < -0.3 is 5.32 Å². The number of benzene rings is 3. The third kappa shape index (κ3) is 6.64. The van der Waals surface area contributed by atoms with Gasteiger partial charge >= 0.3 is 0 Å². The van der Waals surface area contributed by atoms with E-state index in [1.54, 1.807) is 6.08 Å². The number of anilines is 2. The van der Waals surface area contributed by atoms with Crippen molar-refractivity contribution in [1.82, 2.24) is 9.78 Å². The van der Waals surface area contributed by atoms with E-state index < -0.39 is 21.7 Å². The van der Waals surface area contributed by atoms with E-state index in [2.05, 4.69) is 10.0 Å². The van der Waals surface area contributed by atoms with Gasteiger partial charge in [0.25, 0.3) is 0 Å². The molecule has 1 heterocycles. The number of rotatable bonds is 8. The first-order chi connectivity index (χ1) is 16.8. The van der Waals surface area contributed by atoms with E-state index in [1.807, 2.05) is 71.5 Å². The Bertz CT molecular complexity index is 1470. The first kappa shape index (κ1) is 23.9. The molecule has 2 N–H and O–H groups in total. The summed E-state index contributed by atoms with van der Waals surface area (Å²) in [6.07, 6.45) is 5.79. The smallest absolute Gasteiger partial charge is 0.248 e. The van der Waals surface area contributed by atoms with Gasteiger partial charge in [0.1, 0.15) is 5.82 Å². The molecular weight excluding hydrogens is 467 g/mol. The lowest BCUT2D eigenvalue weighted by Gasteiger charge is -2.08. The number of carbonyl (C=O) groups is 1. The van der Waals surface area contributed by atoms with Crippen LogP contribution in [0.15, 0.2) is 91.1 Å². The third-order valence-electron chi connectivity index (χ3n) is 4.97. The molecule has 0 atom stereocenters. The molecule has 9 heteroatoms. The molecule has 0 aliphatic rings. The number of carbonyl (C=O) groups excluding carboxylic acids is 1. The van der Waals surface area contributed by atoms with Gasteiger partial charge in [-0.2, -0.15) is 5.10 Å². The van der Waals surface area contributed by atoms with E-state index in [1.165, 1.54) is 18.2 Å². The predicted octanol–water partition coefficient (Wildman–Crippen LogP) is 4.76. The highest BCUT2D eigenvalue weighted by atomic mass is 32.2. The topological polar surface area (TPSA) is 93.1 Å². The lowest BCUT2D eigenvalue weighted by Crippen LogP contribution is -2.12. The van der Waals surface area contributed by atoms with Crippen LogP contribution in [0.4, 0.5) is 15.8 Å². The molecule has 1 aromatic heterocycles. The zero-order chi connectivity index (χ0) is 24.8. The average molecular weight is 491 g/mol. The van der Waals surface area contributed by atoms with Crippen LogP contribution in [0.25, 0.3) is 17.3 Å². The molecule has 3 aromatic carbocycles. The second-order valence-electron chi connectivity index (χ2n) is 7.87. The molecule has 178 valence electrons. The first-order valence-electron chi connectivity index (χ1n) is 10.7. The van der Waals surface area contributed by atoms with Gasteiger partial charge in [0.2, 0.25) is 15.9 Å². The summed E-state index contributed by atoms with van der Waals surface area (Å²) in [7, 11) is -3.67. The molecule has 0 saturated heterocycles. The summed E-state index contributed by atoms with van der Waals surface area (Å²) in [6, 6.07) is 23.2. The summed E-state index contributed by atoms with van der Waals surface area (Å²) < 4.78 is 40.7. The number of nitrogens with zero attached hydrogens (tertiary/aromatic N) is 2. The first-order valence-corrected chi connectivity index (χ1v) is 12.6. The quantitative estimate of drug-likeness (QED) is 0.348. The summed E-state index contributed by atoms with van der Waals surface area (Å²) in [6.45, 7) is 0.576. The lowest BCUT2D eigenvalue weighted by molar-refractivity contribution is -0.111. The normalized spacial score (nSPS) is 11.5. The molecule has 0 aliphatic heterocycles. The Labute approximate surface area is 203 Å². The van der Waals surface area contributed by atoms with Crippen LogP contribution in [0, 0.1) is 5.82 Å². The molecule has 35 heavy (non-hydrogen) atoms. The van der Waals surface area contributed by atoms with Crippen LogP contribution in [-0.4, -0.2) is 30.4 Å². The highest BCUT2D eigenvalue weighted by Crippen LogP contribution is 2.24. The van der Waals surface area contributed by atoms with E-state index in [0.29, 0.717) is 6.54 Å². The fraction of sp³-hybridized carbons (Fsp3) is 0.0769. The van der Waals surface area contributed by atoms with E-state index in [-0.39, 0.29) is 11.4 Å². The van der Waals surface area contributed by atoms with E-state index in [4.69, 9.17) is 5.10 Å². The predicted molar refractivity (Wildman–Crippen MR) is 136 cm³/mol. The van der Waals surface area contributed by atoms with Crippen molar-refractivity contribution in [3.63, 3.8) is 0 Å².